The Balaban J connectivity index is 3.07. The number of aromatic nitrogens is 2. The molecule has 1 heterocycles. The zero-order valence-corrected chi connectivity index (χ0v) is 5.47. The largest absolute Gasteiger partial charge is 0.309 e. The molecule has 52 valence electrons. The summed E-state index contributed by atoms with van der Waals surface area (Å²) in [7, 11) is 0. The topological polar surface area (TPSA) is 42.9 Å². The summed E-state index contributed by atoms with van der Waals surface area (Å²) in [5.41, 5.74) is -0.130. The number of halogens is 2. The Hall–Kier alpha value is -1.03. The standard InChI is InChI=1S/C5H2ClFN2O/c6-4(10)3-1-2-8-5(7)9-3/h1-2H. The van der Waals surface area contributed by atoms with Crippen molar-refractivity contribution < 1.29 is 9.18 Å². The van der Waals surface area contributed by atoms with Crippen LogP contribution in [0.15, 0.2) is 12.3 Å². The first kappa shape index (κ1) is 7.08. The highest BCUT2D eigenvalue weighted by Gasteiger charge is 2.03. The lowest BCUT2D eigenvalue weighted by molar-refractivity contribution is 0.107. The van der Waals surface area contributed by atoms with Gasteiger partial charge in [0, 0.05) is 6.20 Å². The molecule has 0 amide bonds. The number of hydrogen-bond acceptors (Lipinski definition) is 3. The molecule has 0 spiro atoms. The lowest BCUT2D eigenvalue weighted by Crippen LogP contribution is -1.97. The second kappa shape index (κ2) is 2.70. The maximum absolute atomic E-state index is 12.1. The molecule has 0 radical (unpaired) electrons. The van der Waals surface area contributed by atoms with Crippen molar-refractivity contribution in [3.8, 4) is 0 Å². The van der Waals surface area contributed by atoms with Gasteiger partial charge in [-0.3, -0.25) is 4.79 Å². The van der Waals surface area contributed by atoms with Gasteiger partial charge in [-0.25, -0.2) is 4.98 Å². The van der Waals surface area contributed by atoms with Gasteiger partial charge in [0.2, 0.25) is 0 Å². The van der Waals surface area contributed by atoms with Crippen LogP contribution in [-0.2, 0) is 0 Å². The molecule has 0 aliphatic carbocycles. The van der Waals surface area contributed by atoms with Crippen LogP contribution in [0, 0.1) is 6.08 Å². The van der Waals surface area contributed by atoms with Crippen molar-refractivity contribution in [2.45, 2.75) is 0 Å². The average Bonchev–Trinajstić information content (AvgIpc) is 1.88. The van der Waals surface area contributed by atoms with Crippen LogP contribution in [0.25, 0.3) is 0 Å². The first-order valence-corrected chi connectivity index (χ1v) is 2.76. The van der Waals surface area contributed by atoms with Gasteiger partial charge >= 0.3 is 6.08 Å². The van der Waals surface area contributed by atoms with Crippen molar-refractivity contribution in [3.05, 3.63) is 24.0 Å². The van der Waals surface area contributed by atoms with Crippen molar-refractivity contribution in [1.29, 1.82) is 0 Å². The molecule has 10 heavy (non-hydrogen) atoms. The maximum atomic E-state index is 12.1. The van der Waals surface area contributed by atoms with E-state index in [2.05, 4.69) is 9.97 Å². The molecule has 0 fully saturated rings. The Morgan fingerprint density at radius 2 is 2.40 bits per heavy atom. The molecule has 3 nitrogen and oxygen atoms in total. The molecular weight excluding hydrogens is 159 g/mol. The molecule has 0 aliphatic rings. The third kappa shape index (κ3) is 1.48. The van der Waals surface area contributed by atoms with Gasteiger partial charge in [-0.1, -0.05) is 0 Å². The third-order valence-corrected chi connectivity index (χ3v) is 1.02. The summed E-state index contributed by atoms with van der Waals surface area (Å²) in [6, 6.07) is 1.23. The van der Waals surface area contributed by atoms with E-state index in [1.165, 1.54) is 6.07 Å². The number of nitrogens with zero attached hydrogens (tertiary/aromatic N) is 2. The summed E-state index contributed by atoms with van der Waals surface area (Å²) < 4.78 is 12.1. The van der Waals surface area contributed by atoms with E-state index in [0.717, 1.165) is 6.20 Å². The first-order valence-electron chi connectivity index (χ1n) is 2.38. The van der Waals surface area contributed by atoms with Crippen molar-refractivity contribution in [2.24, 2.45) is 0 Å². The van der Waals surface area contributed by atoms with Crippen LogP contribution in [0.4, 0.5) is 4.39 Å². The van der Waals surface area contributed by atoms with Crippen LogP contribution >= 0.6 is 11.6 Å². The van der Waals surface area contributed by atoms with Crippen LogP contribution in [0.5, 0.6) is 0 Å². The zero-order valence-electron chi connectivity index (χ0n) is 4.71. The van der Waals surface area contributed by atoms with E-state index >= 15 is 0 Å². The summed E-state index contributed by atoms with van der Waals surface area (Å²) in [6.07, 6.45) is 0.171. The van der Waals surface area contributed by atoms with Gasteiger partial charge in [0.25, 0.3) is 5.24 Å². The molecular formula is C5H2ClFN2O. The van der Waals surface area contributed by atoms with Gasteiger partial charge in [0.05, 0.1) is 0 Å². The molecule has 0 unspecified atom stereocenters. The second-order valence-electron chi connectivity index (χ2n) is 1.48. The van der Waals surface area contributed by atoms with E-state index in [0.29, 0.717) is 0 Å². The van der Waals surface area contributed by atoms with Crippen LogP contribution in [0.2, 0.25) is 0 Å². The van der Waals surface area contributed by atoms with E-state index in [-0.39, 0.29) is 5.69 Å². The quantitative estimate of drug-likeness (QED) is 0.455. The van der Waals surface area contributed by atoms with Crippen LogP contribution in [0.3, 0.4) is 0 Å². The predicted molar refractivity (Wildman–Crippen MR) is 32.2 cm³/mol. The highest BCUT2D eigenvalue weighted by Crippen LogP contribution is 1.97. The number of carbonyl (C=O) groups excluding carboxylic acids is 1. The number of rotatable bonds is 1. The Bertz CT molecular complexity index is 266. The molecule has 0 saturated heterocycles. The molecule has 0 saturated carbocycles. The van der Waals surface area contributed by atoms with Gasteiger partial charge in [0.15, 0.2) is 0 Å². The lowest BCUT2D eigenvalue weighted by atomic mass is 10.4. The first-order chi connectivity index (χ1) is 4.70. The predicted octanol–water partition coefficient (Wildman–Crippen LogP) is 0.995. The van der Waals surface area contributed by atoms with Crippen LogP contribution in [0.1, 0.15) is 10.5 Å². The van der Waals surface area contributed by atoms with Crippen molar-refractivity contribution in [1.82, 2.24) is 9.97 Å². The van der Waals surface area contributed by atoms with E-state index in [1.54, 1.807) is 0 Å². The third-order valence-electron chi connectivity index (χ3n) is 0.828. The van der Waals surface area contributed by atoms with Gasteiger partial charge in [-0.05, 0) is 17.7 Å². The van der Waals surface area contributed by atoms with Crippen molar-refractivity contribution >= 4 is 16.8 Å². The average molecular weight is 161 g/mol. The van der Waals surface area contributed by atoms with Crippen molar-refractivity contribution in [3.63, 3.8) is 0 Å². The molecule has 0 atom stereocenters. The maximum Gasteiger partial charge on any atom is 0.309 e. The van der Waals surface area contributed by atoms with E-state index < -0.39 is 11.3 Å². The van der Waals surface area contributed by atoms with E-state index in [1.807, 2.05) is 0 Å². The minimum absolute atomic E-state index is 0.130. The van der Waals surface area contributed by atoms with E-state index in [4.69, 9.17) is 11.6 Å². The molecule has 1 rings (SSSR count). The number of carbonyl (C=O) groups is 1. The molecule has 1 aromatic rings. The summed E-state index contributed by atoms with van der Waals surface area (Å²) in [5.74, 6) is 0. The Morgan fingerprint density at radius 1 is 1.70 bits per heavy atom. The Kier molecular flexibility index (Phi) is 1.91. The molecule has 0 bridgehead atoms. The monoisotopic (exact) mass is 160 g/mol. The summed E-state index contributed by atoms with van der Waals surface area (Å²) in [6.45, 7) is 0. The molecule has 1 aromatic heterocycles. The van der Waals surface area contributed by atoms with E-state index in [9.17, 15) is 9.18 Å². The van der Waals surface area contributed by atoms with Crippen molar-refractivity contribution in [2.75, 3.05) is 0 Å². The second-order valence-corrected chi connectivity index (χ2v) is 1.83. The van der Waals surface area contributed by atoms with Gasteiger partial charge < -0.3 is 0 Å². The van der Waals surface area contributed by atoms with Crippen LogP contribution in [-0.4, -0.2) is 15.2 Å². The SMILES string of the molecule is O=C(Cl)c1ccnc(F)n1. The van der Waals surface area contributed by atoms with Crippen LogP contribution < -0.4 is 0 Å². The molecule has 0 N–H and O–H groups in total. The van der Waals surface area contributed by atoms with Gasteiger partial charge in [-0.2, -0.15) is 9.37 Å². The fraction of sp³-hybridized carbons (Fsp3) is 0. The fourth-order valence-corrected chi connectivity index (χ4v) is 0.550. The molecule has 0 aromatic carbocycles. The highest BCUT2D eigenvalue weighted by atomic mass is 35.5. The van der Waals surface area contributed by atoms with Gasteiger partial charge in [-0.15, -0.1) is 0 Å². The summed E-state index contributed by atoms with van der Waals surface area (Å²) >= 11 is 4.98. The zero-order chi connectivity index (χ0) is 7.56. The summed E-state index contributed by atoms with van der Waals surface area (Å²) in [4.78, 5) is 16.6. The molecule has 5 heteroatoms. The smallest absolute Gasteiger partial charge is 0.274 e. The van der Waals surface area contributed by atoms with Gasteiger partial charge in [0.1, 0.15) is 5.69 Å². The Labute approximate surface area is 60.9 Å². The fourth-order valence-electron chi connectivity index (χ4n) is 0.444. The lowest BCUT2D eigenvalue weighted by Gasteiger charge is -1.88. The minimum Gasteiger partial charge on any atom is -0.274 e. The minimum atomic E-state index is -0.952. The Morgan fingerprint density at radius 3 is 2.80 bits per heavy atom. The normalized spacial score (nSPS) is 9.40. The number of hydrogen-bond donors (Lipinski definition) is 0. The highest BCUT2D eigenvalue weighted by molar-refractivity contribution is 6.67. The molecule has 0 aliphatic heterocycles. The summed E-state index contributed by atoms with van der Waals surface area (Å²) in [5, 5.41) is -0.790.